The van der Waals surface area contributed by atoms with Crippen LogP contribution < -0.4 is 4.74 Å². The van der Waals surface area contributed by atoms with Crippen LogP contribution >= 0.6 is 0 Å². The molecule has 0 saturated heterocycles. The summed E-state index contributed by atoms with van der Waals surface area (Å²) in [6, 6.07) is 4.34. The molecule has 0 saturated carbocycles. The SMILES string of the molecule is CCC(C)c1c[nH]c2ccc(OC(F)(F)F)cc12. The summed E-state index contributed by atoms with van der Waals surface area (Å²) in [6.07, 6.45) is -1.88. The van der Waals surface area contributed by atoms with E-state index in [2.05, 4.69) is 9.72 Å². The molecule has 0 aliphatic heterocycles. The molecule has 0 radical (unpaired) electrons. The molecule has 1 aromatic heterocycles. The maximum absolute atomic E-state index is 12.2. The minimum Gasteiger partial charge on any atom is -0.406 e. The fraction of sp³-hybridized carbons (Fsp3) is 0.385. The van der Waals surface area contributed by atoms with Gasteiger partial charge in [0.1, 0.15) is 5.75 Å². The molecule has 1 atom stereocenters. The predicted molar refractivity (Wildman–Crippen MR) is 63.7 cm³/mol. The lowest BCUT2D eigenvalue weighted by Gasteiger charge is -2.10. The van der Waals surface area contributed by atoms with Crippen molar-refractivity contribution in [3.8, 4) is 5.75 Å². The molecular formula is C13H14F3NO. The Kier molecular flexibility index (Phi) is 3.24. The van der Waals surface area contributed by atoms with Gasteiger partial charge in [-0.3, -0.25) is 0 Å². The number of alkyl halides is 3. The minimum atomic E-state index is -4.65. The van der Waals surface area contributed by atoms with Gasteiger partial charge in [0.2, 0.25) is 0 Å². The lowest BCUT2D eigenvalue weighted by molar-refractivity contribution is -0.274. The molecule has 0 aliphatic carbocycles. The molecule has 18 heavy (non-hydrogen) atoms. The summed E-state index contributed by atoms with van der Waals surface area (Å²) in [5, 5.41) is 0.783. The number of ether oxygens (including phenoxy) is 1. The molecule has 1 unspecified atom stereocenters. The van der Waals surface area contributed by atoms with Crippen molar-refractivity contribution in [3.63, 3.8) is 0 Å². The average molecular weight is 257 g/mol. The van der Waals surface area contributed by atoms with Gasteiger partial charge in [-0.1, -0.05) is 13.8 Å². The Morgan fingerprint density at radius 1 is 1.33 bits per heavy atom. The first kappa shape index (κ1) is 12.8. The van der Waals surface area contributed by atoms with E-state index in [0.717, 1.165) is 22.9 Å². The molecular weight excluding hydrogens is 243 g/mol. The van der Waals surface area contributed by atoms with Gasteiger partial charge in [0.05, 0.1) is 0 Å². The minimum absolute atomic E-state index is 0.181. The van der Waals surface area contributed by atoms with Gasteiger partial charge in [-0.05, 0) is 36.1 Å². The van der Waals surface area contributed by atoms with Gasteiger partial charge in [0.25, 0.3) is 0 Å². The summed E-state index contributed by atoms with van der Waals surface area (Å²) in [5.41, 5.74) is 1.83. The van der Waals surface area contributed by atoms with Gasteiger partial charge < -0.3 is 9.72 Å². The molecule has 0 bridgehead atoms. The van der Waals surface area contributed by atoms with Gasteiger partial charge in [-0.15, -0.1) is 13.2 Å². The Morgan fingerprint density at radius 2 is 2.06 bits per heavy atom. The fourth-order valence-corrected chi connectivity index (χ4v) is 1.95. The predicted octanol–water partition coefficient (Wildman–Crippen LogP) is 4.58. The first-order chi connectivity index (χ1) is 8.40. The van der Waals surface area contributed by atoms with E-state index in [1.165, 1.54) is 12.1 Å². The van der Waals surface area contributed by atoms with E-state index in [9.17, 15) is 13.2 Å². The zero-order valence-electron chi connectivity index (χ0n) is 10.1. The number of H-pyrrole nitrogens is 1. The van der Waals surface area contributed by atoms with Crippen LogP contribution in [0.3, 0.4) is 0 Å². The number of aromatic amines is 1. The third-order valence-electron chi connectivity index (χ3n) is 3.06. The van der Waals surface area contributed by atoms with E-state index in [1.54, 1.807) is 6.07 Å². The molecule has 5 heteroatoms. The third kappa shape index (κ3) is 2.60. The maximum atomic E-state index is 12.2. The highest BCUT2D eigenvalue weighted by Crippen LogP contribution is 2.31. The summed E-state index contributed by atoms with van der Waals surface area (Å²) in [6.45, 7) is 4.08. The lowest BCUT2D eigenvalue weighted by Crippen LogP contribution is -2.17. The zero-order chi connectivity index (χ0) is 13.3. The maximum Gasteiger partial charge on any atom is 0.573 e. The largest absolute Gasteiger partial charge is 0.573 e. The molecule has 0 amide bonds. The summed E-state index contributed by atoms with van der Waals surface area (Å²) in [5.74, 6) is 0.110. The fourth-order valence-electron chi connectivity index (χ4n) is 1.95. The topological polar surface area (TPSA) is 25.0 Å². The molecule has 2 nitrogen and oxygen atoms in total. The number of benzene rings is 1. The van der Waals surface area contributed by atoms with Crippen LogP contribution in [-0.4, -0.2) is 11.3 Å². The molecule has 98 valence electrons. The highest BCUT2D eigenvalue weighted by Gasteiger charge is 2.31. The molecule has 0 aliphatic rings. The Bertz CT molecular complexity index is 545. The van der Waals surface area contributed by atoms with Crippen molar-refractivity contribution in [2.75, 3.05) is 0 Å². The molecule has 2 rings (SSSR count). The number of aromatic nitrogens is 1. The Hall–Kier alpha value is -1.65. The van der Waals surface area contributed by atoms with Crippen LogP contribution in [-0.2, 0) is 0 Å². The lowest BCUT2D eigenvalue weighted by atomic mass is 9.98. The van der Waals surface area contributed by atoms with E-state index in [1.807, 2.05) is 20.0 Å². The number of hydrogen-bond acceptors (Lipinski definition) is 1. The number of nitrogens with one attached hydrogen (secondary N) is 1. The van der Waals surface area contributed by atoms with E-state index < -0.39 is 6.36 Å². The van der Waals surface area contributed by atoms with Crippen molar-refractivity contribution in [2.45, 2.75) is 32.5 Å². The Labute approximate surface area is 103 Å². The van der Waals surface area contributed by atoms with Crippen LogP contribution in [0.1, 0.15) is 31.7 Å². The van der Waals surface area contributed by atoms with E-state index >= 15 is 0 Å². The second-order valence-corrected chi connectivity index (χ2v) is 4.31. The number of rotatable bonds is 3. The van der Waals surface area contributed by atoms with Crippen molar-refractivity contribution in [2.24, 2.45) is 0 Å². The van der Waals surface area contributed by atoms with Gasteiger partial charge in [0.15, 0.2) is 0 Å². The molecule has 1 aromatic carbocycles. The van der Waals surface area contributed by atoms with Gasteiger partial charge in [0, 0.05) is 17.1 Å². The smallest absolute Gasteiger partial charge is 0.406 e. The van der Waals surface area contributed by atoms with E-state index in [-0.39, 0.29) is 5.75 Å². The second-order valence-electron chi connectivity index (χ2n) is 4.31. The summed E-state index contributed by atoms with van der Waals surface area (Å²) >= 11 is 0. The molecule has 0 fully saturated rings. The van der Waals surface area contributed by atoms with Crippen LogP contribution in [0, 0.1) is 0 Å². The molecule has 1 heterocycles. The molecule has 0 spiro atoms. The highest BCUT2D eigenvalue weighted by atomic mass is 19.4. The number of fused-ring (bicyclic) bond motifs is 1. The van der Waals surface area contributed by atoms with Gasteiger partial charge in [-0.2, -0.15) is 0 Å². The van der Waals surface area contributed by atoms with Crippen molar-refractivity contribution < 1.29 is 17.9 Å². The Balaban J connectivity index is 2.42. The van der Waals surface area contributed by atoms with Crippen LogP contribution in [0.15, 0.2) is 24.4 Å². The molecule has 2 aromatic rings. The monoisotopic (exact) mass is 257 g/mol. The third-order valence-corrected chi connectivity index (χ3v) is 3.06. The summed E-state index contributed by atoms with van der Waals surface area (Å²) in [7, 11) is 0. The normalized spacial score (nSPS) is 13.8. The first-order valence-corrected chi connectivity index (χ1v) is 5.77. The van der Waals surface area contributed by atoms with Gasteiger partial charge >= 0.3 is 6.36 Å². The highest BCUT2D eigenvalue weighted by molar-refractivity contribution is 5.85. The van der Waals surface area contributed by atoms with Crippen molar-refractivity contribution in [1.29, 1.82) is 0 Å². The Morgan fingerprint density at radius 3 is 2.67 bits per heavy atom. The standard InChI is InChI=1S/C13H14F3NO/c1-3-8(2)11-7-17-12-5-4-9(6-10(11)12)18-13(14,15)16/h4-8,17H,3H2,1-2H3. The first-order valence-electron chi connectivity index (χ1n) is 5.77. The van der Waals surface area contributed by atoms with Crippen LogP contribution in [0.2, 0.25) is 0 Å². The van der Waals surface area contributed by atoms with Crippen LogP contribution in [0.4, 0.5) is 13.2 Å². The van der Waals surface area contributed by atoms with Gasteiger partial charge in [-0.25, -0.2) is 0 Å². The van der Waals surface area contributed by atoms with E-state index in [4.69, 9.17) is 0 Å². The van der Waals surface area contributed by atoms with E-state index in [0.29, 0.717) is 5.92 Å². The average Bonchev–Trinajstić information content (AvgIpc) is 2.69. The number of halogens is 3. The summed E-state index contributed by atoms with van der Waals surface area (Å²) in [4.78, 5) is 3.06. The number of hydrogen-bond donors (Lipinski definition) is 1. The van der Waals surface area contributed by atoms with Crippen LogP contribution in [0.25, 0.3) is 10.9 Å². The summed E-state index contributed by atoms with van der Waals surface area (Å²) < 4.78 is 40.4. The second kappa shape index (κ2) is 4.55. The van der Waals surface area contributed by atoms with Crippen molar-refractivity contribution in [1.82, 2.24) is 4.98 Å². The quantitative estimate of drug-likeness (QED) is 0.855. The van der Waals surface area contributed by atoms with Crippen molar-refractivity contribution in [3.05, 3.63) is 30.0 Å². The van der Waals surface area contributed by atoms with Crippen LogP contribution in [0.5, 0.6) is 5.75 Å². The molecule has 1 N–H and O–H groups in total. The zero-order valence-corrected chi connectivity index (χ0v) is 10.1. The van der Waals surface area contributed by atoms with Crippen molar-refractivity contribution >= 4 is 10.9 Å².